The van der Waals surface area contributed by atoms with E-state index < -0.39 is 0 Å². The third-order valence-electron chi connectivity index (χ3n) is 5.21. The maximum Gasteiger partial charge on any atom is 0.258 e. The van der Waals surface area contributed by atoms with Gasteiger partial charge in [0.05, 0.1) is 7.11 Å². The first kappa shape index (κ1) is 17.5. The van der Waals surface area contributed by atoms with Crippen LogP contribution in [0, 0.1) is 0 Å². The minimum absolute atomic E-state index is 0.0395. The van der Waals surface area contributed by atoms with Gasteiger partial charge in [-0.15, -0.1) is 0 Å². The second-order valence-electron chi connectivity index (χ2n) is 7.08. The second-order valence-corrected chi connectivity index (χ2v) is 7.08. The van der Waals surface area contributed by atoms with Crippen LogP contribution < -0.4 is 4.74 Å². The monoisotopic (exact) mass is 370 g/mol. The fourth-order valence-corrected chi connectivity index (χ4v) is 3.64. The molecule has 8 nitrogen and oxygen atoms in total. The highest BCUT2D eigenvalue weighted by atomic mass is 16.5. The minimum Gasteiger partial charge on any atom is -0.496 e. The number of amides is 2. The highest BCUT2D eigenvalue weighted by Crippen LogP contribution is 2.31. The zero-order valence-corrected chi connectivity index (χ0v) is 15.5. The number of nitrogens with zero attached hydrogens (tertiary/aromatic N) is 4. The summed E-state index contributed by atoms with van der Waals surface area (Å²) >= 11 is 0. The molecule has 27 heavy (non-hydrogen) atoms. The van der Waals surface area contributed by atoms with Gasteiger partial charge >= 0.3 is 0 Å². The average Bonchev–Trinajstić information content (AvgIpc) is 3.38. The standard InChI is InChI=1S/C19H22N4O4/c1-22-10-14(9-17(22)25)18-20-19(27-21-18)12-5-6-13(15(8-12)26-2)11-23-7-3-4-16(23)24/h5-6,8,14H,3-4,7,9-11H2,1-2H3. The van der Waals surface area contributed by atoms with E-state index in [0.717, 1.165) is 24.1 Å². The average molecular weight is 370 g/mol. The summed E-state index contributed by atoms with van der Waals surface area (Å²) in [6, 6.07) is 5.66. The largest absolute Gasteiger partial charge is 0.496 e. The molecule has 0 aliphatic carbocycles. The number of hydrogen-bond acceptors (Lipinski definition) is 6. The molecule has 4 rings (SSSR count). The topological polar surface area (TPSA) is 88.8 Å². The molecule has 8 heteroatoms. The Morgan fingerprint density at radius 1 is 1.30 bits per heavy atom. The summed E-state index contributed by atoms with van der Waals surface area (Å²) in [4.78, 5) is 31.6. The number of carbonyl (C=O) groups excluding carboxylic acids is 2. The van der Waals surface area contributed by atoms with Gasteiger partial charge in [-0.2, -0.15) is 4.98 Å². The Morgan fingerprint density at radius 3 is 2.81 bits per heavy atom. The number of aromatic nitrogens is 2. The summed E-state index contributed by atoms with van der Waals surface area (Å²) in [6.45, 7) is 1.92. The van der Waals surface area contributed by atoms with E-state index in [-0.39, 0.29) is 17.7 Å². The van der Waals surface area contributed by atoms with Gasteiger partial charge in [0, 0.05) is 56.6 Å². The van der Waals surface area contributed by atoms with Gasteiger partial charge in [-0.1, -0.05) is 11.2 Å². The summed E-state index contributed by atoms with van der Waals surface area (Å²) in [7, 11) is 3.38. The van der Waals surface area contributed by atoms with Crippen molar-refractivity contribution >= 4 is 11.8 Å². The van der Waals surface area contributed by atoms with Crippen LogP contribution in [0.1, 0.15) is 36.6 Å². The lowest BCUT2D eigenvalue weighted by molar-refractivity contribution is -0.128. The Labute approximate surface area is 157 Å². The van der Waals surface area contributed by atoms with Crippen molar-refractivity contribution in [3.63, 3.8) is 0 Å². The van der Waals surface area contributed by atoms with E-state index in [2.05, 4.69) is 10.1 Å². The van der Waals surface area contributed by atoms with Crippen molar-refractivity contribution in [2.24, 2.45) is 0 Å². The Kier molecular flexibility index (Phi) is 4.55. The van der Waals surface area contributed by atoms with Gasteiger partial charge in [0.15, 0.2) is 5.82 Å². The molecule has 1 aromatic heterocycles. The Morgan fingerprint density at radius 2 is 2.15 bits per heavy atom. The first-order valence-corrected chi connectivity index (χ1v) is 9.08. The summed E-state index contributed by atoms with van der Waals surface area (Å²) in [6.07, 6.45) is 1.93. The molecule has 1 aromatic carbocycles. The number of likely N-dealkylation sites (tertiary alicyclic amines) is 2. The normalized spacial score (nSPS) is 20.0. The van der Waals surface area contributed by atoms with Crippen molar-refractivity contribution in [2.45, 2.75) is 31.7 Å². The quantitative estimate of drug-likeness (QED) is 0.798. The number of hydrogen-bond donors (Lipinski definition) is 0. The molecule has 2 amide bonds. The van der Waals surface area contributed by atoms with Gasteiger partial charge in [-0.25, -0.2) is 0 Å². The number of benzene rings is 1. The van der Waals surface area contributed by atoms with Crippen LogP contribution in [0.3, 0.4) is 0 Å². The van der Waals surface area contributed by atoms with Crippen molar-refractivity contribution in [3.8, 4) is 17.2 Å². The second kappa shape index (κ2) is 7.02. The van der Waals surface area contributed by atoms with E-state index in [0.29, 0.717) is 43.4 Å². The van der Waals surface area contributed by atoms with Crippen LogP contribution in [0.15, 0.2) is 22.7 Å². The van der Waals surface area contributed by atoms with Crippen molar-refractivity contribution in [3.05, 3.63) is 29.6 Å². The molecule has 0 radical (unpaired) electrons. The Hall–Kier alpha value is -2.90. The Balaban J connectivity index is 1.54. The lowest BCUT2D eigenvalue weighted by atomic mass is 10.1. The molecular formula is C19H22N4O4. The number of likely N-dealkylation sites (N-methyl/N-ethyl adjacent to an activating group) is 1. The van der Waals surface area contributed by atoms with Crippen molar-refractivity contribution in [1.82, 2.24) is 19.9 Å². The maximum absolute atomic E-state index is 11.9. The first-order valence-electron chi connectivity index (χ1n) is 9.08. The highest BCUT2D eigenvalue weighted by molar-refractivity contribution is 5.79. The van der Waals surface area contributed by atoms with E-state index in [1.165, 1.54) is 0 Å². The van der Waals surface area contributed by atoms with Gasteiger partial charge in [0.25, 0.3) is 5.89 Å². The van der Waals surface area contributed by atoms with Crippen LogP contribution >= 0.6 is 0 Å². The molecule has 142 valence electrons. The molecule has 0 spiro atoms. The van der Waals surface area contributed by atoms with Crippen LogP contribution in [0.25, 0.3) is 11.5 Å². The third kappa shape index (κ3) is 3.39. The predicted octanol–water partition coefficient (Wildman–Crippen LogP) is 1.81. The van der Waals surface area contributed by atoms with Crippen molar-refractivity contribution in [1.29, 1.82) is 0 Å². The molecule has 2 fully saturated rings. The number of carbonyl (C=O) groups is 2. The van der Waals surface area contributed by atoms with Gasteiger partial charge in [-0.05, 0) is 18.6 Å². The molecule has 0 N–H and O–H groups in total. The summed E-state index contributed by atoms with van der Waals surface area (Å²) in [5, 5.41) is 4.06. The lowest BCUT2D eigenvalue weighted by Crippen LogP contribution is -2.24. The number of methoxy groups -OCH3 is 1. The van der Waals surface area contributed by atoms with Crippen LogP contribution in [-0.4, -0.2) is 59.0 Å². The molecule has 3 heterocycles. The van der Waals surface area contributed by atoms with Crippen LogP contribution in [0.2, 0.25) is 0 Å². The third-order valence-corrected chi connectivity index (χ3v) is 5.21. The summed E-state index contributed by atoms with van der Waals surface area (Å²) in [5.74, 6) is 1.86. The lowest BCUT2D eigenvalue weighted by Gasteiger charge is -2.17. The molecule has 2 saturated heterocycles. The van der Waals surface area contributed by atoms with Gasteiger partial charge in [-0.3, -0.25) is 9.59 Å². The van der Waals surface area contributed by atoms with Crippen molar-refractivity contribution in [2.75, 3.05) is 27.2 Å². The SMILES string of the molecule is COc1cc(-c2nc(C3CC(=O)N(C)C3)no2)ccc1CN1CCCC1=O. The van der Waals surface area contributed by atoms with Gasteiger partial charge in [0.2, 0.25) is 11.8 Å². The molecular weight excluding hydrogens is 348 g/mol. The Bertz CT molecular complexity index is 878. The van der Waals surface area contributed by atoms with E-state index >= 15 is 0 Å². The number of ether oxygens (including phenoxy) is 1. The molecule has 1 unspecified atom stereocenters. The van der Waals surface area contributed by atoms with E-state index in [4.69, 9.17) is 9.26 Å². The van der Waals surface area contributed by atoms with Crippen LogP contribution in [0.5, 0.6) is 5.75 Å². The molecule has 0 saturated carbocycles. The molecule has 2 aliphatic rings. The van der Waals surface area contributed by atoms with Crippen LogP contribution in [0.4, 0.5) is 0 Å². The summed E-state index contributed by atoms with van der Waals surface area (Å²) < 4.78 is 10.9. The molecule has 1 atom stereocenters. The minimum atomic E-state index is -0.0395. The molecule has 0 bridgehead atoms. The fraction of sp³-hybridized carbons (Fsp3) is 0.474. The predicted molar refractivity (Wildman–Crippen MR) is 95.9 cm³/mol. The van der Waals surface area contributed by atoms with E-state index in [9.17, 15) is 9.59 Å². The zero-order valence-electron chi connectivity index (χ0n) is 15.5. The smallest absolute Gasteiger partial charge is 0.258 e. The molecule has 2 aromatic rings. The fourth-order valence-electron chi connectivity index (χ4n) is 3.64. The summed E-state index contributed by atoms with van der Waals surface area (Å²) in [5.41, 5.74) is 1.69. The zero-order chi connectivity index (χ0) is 19.0. The highest BCUT2D eigenvalue weighted by Gasteiger charge is 2.31. The van der Waals surface area contributed by atoms with Gasteiger partial charge in [0.1, 0.15) is 5.75 Å². The van der Waals surface area contributed by atoms with Crippen LogP contribution in [-0.2, 0) is 16.1 Å². The van der Waals surface area contributed by atoms with Gasteiger partial charge < -0.3 is 19.1 Å². The molecule has 2 aliphatic heterocycles. The van der Waals surface area contributed by atoms with Crippen molar-refractivity contribution < 1.29 is 18.8 Å². The maximum atomic E-state index is 11.9. The first-order chi connectivity index (χ1) is 13.0. The van der Waals surface area contributed by atoms with E-state index in [1.807, 2.05) is 23.1 Å². The number of rotatable bonds is 5. The van der Waals surface area contributed by atoms with E-state index in [1.54, 1.807) is 19.1 Å².